The van der Waals surface area contributed by atoms with E-state index in [-0.39, 0.29) is 0 Å². The number of nitrogen functional groups attached to an aromatic ring is 1. The van der Waals surface area contributed by atoms with Crippen LogP contribution in [0.1, 0.15) is 34.5 Å². The zero-order valence-corrected chi connectivity index (χ0v) is 12.3. The maximum atomic E-state index is 6.13. The van der Waals surface area contributed by atoms with Crippen molar-refractivity contribution in [1.29, 1.82) is 0 Å². The van der Waals surface area contributed by atoms with Gasteiger partial charge in [-0.05, 0) is 54.5 Å². The number of aryl methyl sites for hydroxylation is 1. The standard InChI is InChI=1S/C16H20N2S/c1-11-7-9-19-16(11)12(2)18-8-6-13-4-3-5-15(17)14(13)10-18/h3-5,7,9,12H,6,8,10,17H2,1-2H3. The monoisotopic (exact) mass is 272 g/mol. The number of rotatable bonds is 2. The minimum Gasteiger partial charge on any atom is -0.398 e. The predicted octanol–water partition coefficient (Wildman–Crippen LogP) is 3.76. The SMILES string of the molecule is Cc1ccsc1C(C)N1CCc2cccc(N)c2C1. The number of benzene rings is 1. The van der Waals surface area contributed by atoms with Crippen molar-refractivity contribution in [2.24, 2.45) is 0 Å². The van der Waals surface area contributed by atoms with E-state index in [0.29, 0.717) is 6.04 Å². The zero-order valence-electron chi connectivity index (χ0n) is 11.5. The molecule has 19 heavy (non-hydrogen) atoms. The molecule has 1 aliphatic heterocycles. The first-order valence-corrected chi connectivity index (χ1v) is 7.69. The molecular formula is C16H20N2S. The van der Waals surface area contributed by atoms with Crippen LogP contribution in [0, 0.1) is 6.92 Å². The van der Waals surface area contributed by atoms with E-state index in [0.717, 1.165) is 25.2 Å². The topological polar surface area (TPSA) is 29.3 Å². The summed E-state index contributed by atoms with van der Waals surface area (Å²) >= 11 is 1.86. The van der Waals surface area contributed by atoms with E-state index in [9.17, 15) is 0 Å². The van der Waals surface area contributed by atoms with Gasteiger partial charge in [-0.3, -0.25) is 4.90 Å². The maximum Gasteiger partial charge on any atom is 0.0419 e. The smallest absolute Gasteiger partial charge is 0.0419 e. The van der Waals surface area contributed by atoms with Gasteiger partial charge in [0, 0.05) is 29.7 Å². The van der Waals surface area contributed by atoms with Crippen molar-refractivity contribution in [2.45, 2.75) is 32.9 Å². The molecular weight excluding hydrogens is 252 g/mol. The Bertz CT molecular complexity index is 588. The Balaban J connectivity index is 1.86. The first kappa shape index (κ1) is 12.7. The van der Waals surface area contributed by atoms with E-state index < -0.39 is 0 Å². The van der Waals surface area contributed by atoms with E-state index in [4.69, 9.17) is 5.73 Å². The highest BCUT2D eigenvalue weighted by molar-refractivity contribution is 7.10. The molecule has 2 nitrogen and oxygen atoms in total. The predicted molar refractivity (Wildman–Crippen MR) is 82.4 cm³/mol. The average molecular weight is 272 g/mol. The number of anilines is 1. The Hall–Kier alpha value is -1.32. The van der Waals surface area contributed by atoms with Gasteiger partial charge in [-0.25, -0.2) is 0 Å². The Kier molecular flexibility index (Phi) is 3.33. The third-order valence-corrected chi connectivity index (χ3v) is 5.36. The molecule has 1 aliphatic rings. The lowest BCUT2D eigenvalue weighted by Gasteiger charge is -2.34. The summed E-state index contributed by atoms with van der Waals surface area (Å²) in [6.07, 6.45) is 1.11. The van der Waals surface area contributed by atoms with Crippen LogP contribution in [0.15, 0.2) is 29.6 Å². The van der Waals surface area contributed by atoms with E-state index >= 15 is 0 Å². The Morgan fingerprint density at radius 3 is 2.89 bits per heavy atom. The van der Waals surface area contributed by atoms with Crippen molar-refractivity contribution in [2.75, 3.05) is 12.3 Å². The van der Waals surface area contributed by atoms with Gasteiger partial charge in [0.1, 0.15) is 0 Å². The van der Waals surface area contributed by atoms with Crippen molar-refractivity contribution in [3.8, 4) is 0 Å². The molecule has 2 heterocycles. The average Bonchev–Trinajstić information content (AvgIpc) is 2.84. The van der Waals surface area contributed by atoms with E-state index in [1.165, 1.54) is 21.6 Å². The number of nitrogens with two attached hydrogens (primary N) is 1. The highest BCUT2D eigenvalue weighted by atomic mass is 32.1. The quantitative estimate of drug-likeness (QED) is 0.843. The first-order valence-electron chi connectivity index (χ1n) is 6.81. The van der Waals surface area contributed by atoms with Crippen LogP contribution in [0.3, 0.4) is 0 Å². The molecule has 0 saturated carbocycles. The fraction of sp³-hybridized carbons (Fsp3) is 0.375. The van der Waals surface area contributed by atoms with Gasteiger partial charge in [0.15, 0.2) is 0 Å². The number of hydrogen-bond donors (Lipinski definition) is 1. The molecule has 100 valence electrons. The molecule has 0 aliphatic carbocycles. The molecule has 0 radical (unpaired) electrons. The van der Waals surface area contributed by atoms with Gasteiger partial charge in [0.25, 0.3) is 0 Å². The second-order valence-electron chi connectivity index (χ2n) is 5.35. The van der Waals surface area contributed by atoms with Gasteiger partial charge in [-0.1, -0.05) is 12.1 Å². The van der Waals surface area contributed by atoms with Crippen LogP contribution in [0.25, 0.3) is 0 Å². The fourth-order valence-corrected chi connectivity index (χ4v) is 3.96. The van der Waals surface area contributed by atoms with Crippen LogP contribution < -0.4 is 5.73 Å². The Morgan fingerprint density at radius 2 is 2.16 bits per heavy atom. The molecule has 0 amide bonds. The van der Waals surface area contributed by atoms with Crippen LogP contribution in [-0.4, -0.2) is 11.4 Å². The molecule has 1 aromatic carbocycles. The summed E-state index contributed by atoms with van der Waals surface area (Å²) in [6, 6.07) is 8.99. The summed E-state index contributed by atoms with van der Waals surface area (Å²) in [6.45, 7) is 6.60. The zero-order chi connectivity index (χ0) is 13.4. The summed E-state index contributed by atoms with van der Waals surface area (Å²) in [7, 11) is 0. The first-order chi connectivity index (χ1) is 9.16. The lowest BCUT2D eigenvalue weighted by atomic mass is 9.96. The van der Waals surface area contributed by atoms with E-state index in [1.807, 2.05) is 17.4 Å². The fourth-order valence-electron chi connectivity index (χ4n) is 2.94. The van der Waals surface area contributed by atoms with Crippen molar-refractivity contribution in [3.05, 3.63) is 51.2 Å². The second-order valence-corrected chi connectivity index (χ2v) is 6.30. The summed E-state index contributed by atoms with van der Waals surface area (Å²) in [5.41, 5.74) is 11.2. The molecule has 0 fully saturated rings. The van der Waals surface area contributed by atoms with Gasteiger partial charge < -0.3 is 5.73 Å². The highest BCUT2D eigenvalue weighted by Crippen LogP contribution is 2.33. The molecule has 0 saturated heterocycles. The van der Waals surface area contributed by atoms with Crippen molar-refractivity contribution in [3.63, 3.8) is 0 Å². The molecule has 1 atom stereocenters. The minimum absolute atomic E-state index is 0.479. The Morgan fingerprint density at radius 1 is 1.32 bits per heavy atom. The highest BCUT2D eigenvalue weighted by Gasteiger charge is 2.24. The van der Waals surface area contributed by atoms with Crippen LogP contribution in [0.2, 0.25) is 0 Å². The summed E-state index contributed by atoms with van der Waals surface area (Å²) < 4.78 is 0. The largest absolute Gasteiger partial charge is 0.398 e. The van der Waals surface area contributed by atoms with Crippen molar-refractivity contribution in [1.82, 2.24) is 4.90 Å². The van der Waals surface area contributed by atoms with Crippen LogP contribution in [0.5, 0.6) is 0 Å². The lowest BCUT2D eigenvalue weighted by Crippen LogP contribution is -2.33. The summed E-state index contributed by atoms with van der Waals surface area (Å²) in [4.78, 5) is 4.02. The van der Waals surface area contributed by atoms with E-state index in [1.54, 1.807) is 0 Å². The number of fused-ring (bicyclic) bond motifs is 1. The summed E-state index contributed by atoms with van der Waals surface area (Å²) in [5.74, 6) is 0. The van der Waals surface area contributed by atoms with Crippen molar-refractivity contribution < 1.29 is 0 Å². The second kappa shape index (κ2) is 4.99. The van der Waals surface area contributed by atoms with Crippen LogP contribution in [-0.2, 0) is 13.0 Å². The molecule has 3 heteroatoms. The molecule has 0 bridgehead atoms. The van der Waals surface area contributed by atoms with Crippen LogP contribution >= 0.6 is 11.3 Å². The third-order valence-electron chi connectivity index (χ3n) is 4.17. The minimum atomic E-state index is 0.479. The molecule has 2 aromatic rings. The molecule has 1 aromatic heterocycles. The number of thiophene rings is 1. The normalized spacial score (nSPS) is 17.2. The molecule has 3 rings (SSSR count). The lowest BCUT2D eigenvalue weighted by molar-refractivity contribution is 0.195. The van der Waals surface area contributed by atoms with Gasteiger partial charge in [0.2, 0.25) is 0 Å². The van der Waals surface area contributed by atoms with Gasteiger partial charge in [-0.15, -0.1) is 11.3 Å². The van der Waals surface area contributed by atoms with E-state index in [2.05, 4.69) is 42.3 Å². The third kappa shape index (κ3) is 2.28. The maximum absolute atomic E-state index is 6.13. The van der Waals surface area contributed by atoms with Gasteiger partial charge in [-0.2, -0.15) is 0 Å². The Labute approximate surface area is 118 Å². The van der Waals surface area contributed by atoms with Crippen molar-refractivity contribution >= 4 is 17.0 Å². The molecule has 2 N–H and O–H groups in total. The molecule has 0 spiro atoms. The van der Waals surface area contributed by atoms with Gasteiger partial charge >= 0.3 is 0 Å². The summed E-state index contributed by atoms with van der Waals surface area (Å²) in [5, 5.41) is 2.19. The molecule has 1 unspecified atom stereocenters. The van der Waals surface area contributed by atoms with Crippen LogP contribution in [0.4, 0.5) is 5.69 Å². The number of nitrogens with zero attached hydrogens (tertiary/aromatic N) is 1. The van der Waals surface area contributed by atoms with Gasteiger partial charge in [0.05, 0.1) is 0 Å². The number of hydrogen-bond acceptors (Lipinski definition) is 3.